The van der Waals surface area contributed by atoms with Crippen molar-refractivity contribution in [2.75, 3.05) is 26.2 Å². The maximum atomic E-state index is 12.3. The van der Waals surface area contributed by atoms with Crippen molar-refractivity contribution in [1.29, 1.82) is 5.26 Å². The molecule has 1 aromatic rings. The number of sulfonamides is 1. The number of nitriles is 1. The van der Waals surface area contributed by atoms with E-state index in [1.165, 1.54) is 4.31 Å². The Bertz CT molecular complexity index is 576. The molecule has 7 heteroatoms. The average molecular weight is 316 g/mol. The number of hydrogen-bond donors (Lipinski definition) is 1. The van der Waals surface area contributed by atoms with Gasteiger partial charge in [-0.25, -0.2) is 12.7 Å². The van der Waals surface area contributed by atoms with Crippen molar-refractivity contribution in [2.45, 2.75) is 12.2 Å². The Hall–Kier alpha value is -1.13. The summed E-state index contributed by atoms with van der Waals surface area (Å²) in [5.41, 5.74) is 1.15. The predicted octanol–water partition coefficient (Wildman–Crippen LogP) is 1.11. The minimum atomic E-state index is -3.30. The largest absolute Gasteiger partial charge is 0.315 e. The summed E-state index contributed by atoms with van der Waals surface area (Å²) in [5, 5.41) is 12.0. The van der Waals surface area contributed by atoms with Gasteiger partial charge < -0.3 is 5.32 Å². The first-order chi connectivity index (χ1) is 9.12. The number of halogens is 1. The van der Waals surface area contributed by atoms with Gasteiger partial charge in [0.25, 0.3) is 0 Å². The van der Waals surface area contributed by atoms with Crippen LogP contribution in [0.25, 0.3) is 0 Å². The van der Waals surface area contributed by atoms with Gasteiger partial charge in [-0.3, -0.25) is 0 Å². The zero-order valence-electron chi connectivity index (χ0n) is 11.1. The van der Waals surface area contributed by atoms with Gasteiger partial charge in [0.2, 0.25) is 10.0 Å². The van der Waals surface area contributed by atoms with Gasteiger partial charge in [-0.15, -0.1) is 12.4 Å². The van der Waals surface area contributed by atoms with Gasteiger partial charge in [-0.05, 0) is 30.7 Å². The molecule has 0 spiro atoms. The molecular formula is C13H18ClN3O2S. The maximum absolute atomic E-state index is 12.3. The molecule has 1 aromatic carbocycles. The van der Waals surface area contributed by atoms with Crippen LogP contribution in [0.1, 0.15) is 17.5 Å². The Morgan fingerprint density at radius 2 is 2.10 bits per heavy atom. The summed E-state index contributed by atoms with van der Waals surface area (Å²) in [6.45, 7) is 2.63. The van der Waals surface area contributed by atoms with Crippen LogP contribution in [-0.2, 0) is 15.8 Å². The lowest BCUT2D eigenvalue weighted by Crippen LogP contribution is -2.35. The Morgan fingerprint density at radius 1 is 1.30 bits per heavy atom. The molecule has 0 bridgehead atoms. The molecule has 110 valence electrons. The summed E-state index contributed by atoms with van der Waals surface area (Å²) in [6.07, 6.45) is 0.831. The molecule has 0 aromatic heterocycles. The standard InChI is InChI=1S/C13H17N3O2S.ClH/c14-10-12-3-1-4-13(9-12)11-19(17,18)16-7-2-5-15-6-8-16;/h1,3-4,9,15H,2,5-8,11H2;1H. The van der Waals surface area contributed by atoms with Crippen LogP contribution in [0, 0.1) is 11.3 Å². The maximum Gasteiger partial charge on any atom is 0.218 e. The lowest BCUT2D eigenvalue weighted by molar-refractivity contribution is 0.431. The predicted molar refractivity (Wildman–Crippen MR) is 80.1 cm³/mol. The van der Waals surface area contributed by atoms with E-state index in [1.807, 2.05) is 6.07 Å². The van der Waals surface area contributed by atoms with Gasteiger partial charge in [0, 0.05) is 19.6 Å². The third kappa shape index (κ3) is 4.46. The van der Waals surface area contributed by atoms with Gasteiger partial charge in [-0.1, -0.05) is 12.1 Å². The van der Waals surface area contributed by atoms with E-state index in [1.54, 1.807) is 24.3 Å². The molecule has 1 aliphatic rings. The molecule has 0 atom stereocenters. The first-order valence-electron chi connectivity index (χ1n) is 6.29. The lowest BCUT2D eigenvalue weighted by Gasteiger charge is -2.19. The normalized spacial score (nSPS) is 16.8. The summed E-state index contributed by atoms with van der Waals surface area (Å²) >= 11 is 0. The van der Waals surface area contributed by atoms with Gasteiger partial charge >= 0.3 is 0 Å². The van der Waals surface area contributed by atoms with Crippen LogP contribution in [-0.4, -0.2) is 38.9 Å². The van der Waals surface area contributed by atoms with E-state index in [2.05, 4.69) is 5.32 Å². The second-order valence-electron chi connectivity index (χ2n) is 4.57. The highest BCUT2D eigenvalue weighted by atomic mass is 35.5. The Balaban J connectivity index is 0.00000200. The fraction of sp³-hybridized carbons (Fsp3) is 0.462. The third-order valence-corrected chi connectivity index (χ3v) is 4.95. The van der Waals surface area contributed by atoms with Crippen molar-refractivity contribution < 1.29 is 8.42 Å². The monoisotopic (exact) mass is 315 g/mol. The molecule has 20 heavy (non-hydrogen) atoms. The van der Waals surface area contributed by atoms with Crippen LogP contribution in [0.5, 0.6) is 0 Å². The average Bonchev–Trinajstić information content (AvgIpc) is 2.68. The number of nitrogens with zero attached hydrogens (tertiary/aromatic N) is 2. The molecule has 0 radical (unpaired) electrons. The molecule has 2 rings (SSSR count). The summed E-state index contributed by atoms with van der Waals surface area (Å²) in [7, 11) is -3.30. The second-order valence-corrected chi connectivity index (χ2v) is 6.54. The molecular weight excluding hydrogens is 298 g/mol. The van der Waals surface area contributed by atoms with Crippen molar-refractivity contribution in [3.63, 3.8) is 0 Å². The van der Waals surface area contributed by atoms with E-state index >= 15 is 0 Å². The highest BCUT2D eigenvalue weighted by molar-refractivity contribution is 7.88. The van der Waals surface area contributed by atoms with E-state index in [0.717, 1.165) is 13.0 Å². The quantitative estimate of drug-likeness (QED) is 0.906. The molecule has 0 amide bonds. The van der Waals surface area contributed by atoms with E-state index < -0.39 is 10.0 Å². The summed E-state index contributed by atoms with van der Waals surface area (Å²) < 4.78 is 26.2. The van der Waals surface area contributed by atoms with E-state index in [9.17, 15) is 8.42 Å². The number of rotatable bonds is 3. The molecule has 1 fully saturated rings. The summed E-state index contributed by atoms with van der Waals surface area (Å²) in [4.78, 5) is 0. The third-order valence-electron chi connectivity index (χ3n) is 3.10. The van der Waals surface area contributed by atoms with Gasteiger partial charge in [0.15, 0.2) is 0 Å². The first kappa shape index (κ1) is 16.9. The van der Waals surface area contributed by atoms with Gasteiger partial charge in [-0.2, -0.15) is 5.26 Å². The van der Waals surface area contributed by atoms with Gasteiger partial charge in [0.05, 0.1) is 17.4 Å². The number of nitrogens with one attached hydrogen (secondary N) is 1. The van der Waals surface area contributed by atoms with Crippen LogP contribution in [0.3, 0.4) is 0 Å². The smallest absolute Gasteiger partial charge is 0.218 e. The molecule has 5 nitrogen and oxygen atoms in total. The van der Waals surface area contributed by atoms with Crippen LogP contribution in [0.2, 0.25) is 0 Å². The minimum absolute atomic E-state index is 0. The molecule has 1 aliphatic heterocycles. The van der Waals surface area contributed by atoms with Crippen LogP contribution < -0.4 is 5.32 Å². The van der Waals surface area contributed by atoms with Crippen LogP contribution in [0.15, 0.2) is 24.3 Å². The fourth-order valence-electron chi connectivity index (χ4n) is 2.13. The number of benzene rings is 1. The molecule has 1 saturated heterocycles. The molecule has 0 unspecified atom stereocenters. The highest BCUT2D eigenvalue weighted by Crippen LogP contribution is 2.13. The van der Waals surface area contributed by atoms with Crippen molar-refractivity contribution >= 4 is 22.4 Å². The summed E-state index contributed by atoms with van der Waals surface area (Å²) in [5.74, 6) is -0.0392. The second kappa shape index (κ2) is 7.60. The minimum Gasteiger partial charge on any atom is -0.315 e. The molecule has 1 heterocycles. The van der Waals surface area contributed by atoms with Gasteiger partial charge in [0.1, 0.15) is 0 Å². The Kier molecular flexibility index (Phi) is 6.43. The van der Waals surface area contributed by atoms with E-state index in [0.29, 0.717) is 30.8 Å². The Morgan fingerprint density at radius 3 is 2.85 bits per heavy atom. The number of hydrogen-bond acceptors (Lipinski definition) is 4. The Labute approximate surface area is 126 Å². The molecule has 0 aliphatic carbocycles. The summed E-state index contributed by atoms with van der Waals surface area (Å²) in [6, 6.07) is 8.79. The van der Waals surface area contributed by atoms with Crippen LogP contribution >= 0.6 is 12.4 Å². The molecule has 1 N–H and O–H groups in total. The first-order valence-corrected chi connectivity index (χ1v) is 7.90. The highest BCUT2D eigenvalue weighted by Gasteiger charge is 2.23. The SMILES string of the molecule is Cl.N#Cc1cccc(CS(=O)(=O)N2CCCNCC2)c1. The topological polar surface area (TPSA) is 73.2 Å². The lowest BCUT2D eigenvalue weighted by atomic mass is 10.2. The van der Waals surface area contributed by atoms with E-state index in [4.69, 9.17) is 5.26 Å². The van der Waals surface area contributed by atoms with Crippen molar-refractivity contribution in [3.05, 3.63) is 35.4 Å². The van der Waals surface area contributed by atoms with Crippen LogP contribution in [0.4, 0.5) is 0 Å². The van der Waals surface area contributed by atoms with Crippen molar-refractivity contribution in [3.8, 4) is 6.07 Å². The van der Waals surface area contributed by atoms with Crippen molar-refractivity contribution in [2.24, 2.45) is 0 Å². The van der Waals surface area contributed by atoms with Crippen molar-refractivity contribution in [1.82, 2.24) is 9.62 Å². The fourth-order valence-corrected chi connectivity index (χ4v) is 3.69. The molecule has 0 saturated carbocycles. The van der Waals surface area contributed by atoms with E-state index in [-0.39, 0.29) is 18.2 Å². The zero-order valence-corrected chi connectivity index (χ0v) is 12.7. The zero-order chi connectivity index (χ0) is 13.7.